The van der Waals surface area contributed by atoms with E-state index in [-0.39, 0.29) is 23.0 Å². The Hall–Kier alpha value is -2.63. The molecule has 0 spiro atoms. The Bertz CT molecular complexity index is 770. The number of hydrogen-bond donors (Lipinski definition) is 1. The summed E-state index contributed by atoms with van der Waals surface area (Å²) in [5, 5.41) is 9.37. The Morgan fingerprint density at radius 1 is 1.25 bits per heavy atom. The molecule has 6 heteroatoms. The smallest absolute Gasteiger partial charge is 0.326 e. The second kappa shape index (κ2) is 6.47. The minimum absolute atomic E-state index is 0.0223. The standard InChI is InChI=1S/C18H18FNO4/c1-11-8-9-20(14(10-11)18(22)23)17(21)16-7-6-15(24-16)12-4-2-3-5-13(12)19/h2-7,11,14H,8-10H2,1H3,(H,22,23). The van der Waals surface area contributed by atoms with Crippen LogP contribution < -0.4 is 0 Å². The normalized spacial score (nSPS) is 20.8. The lowest BCUT2D eigenvalue weighted by atomic mass is 9.92. The predicted molar refractivity (Wildman–Crippen MR) is 85.0 cm³/mol. The highest BCUT2D eigenvalue weighted by molar-refractivity contribution is 5.95. The number of furan rings is 1. The van der Waals surface area contributed by atoms with Gasteiger partial charge in [-0.3, -0.25) is 4.79 Å². The van der Waals surface area contributed by atoms with Crippen LogP contribution in [0.1, 0.15) is 30.3 Å². The van der Waals surface area contributed by atoms with E-state index in [4.69, 9.17) is 4.42 Å². The van der Waals surface area contributed by atoms with Gasteiger partial charge in [-0.15, -0.1) is 0 Å². The topological polar surface area (TPSA) is 70.8 Å². The number of rotatable bonds is 3. The number of hydrogen-bond acceptors (Lipinski definition) is 3. The second-order valence-corrected chi connectivity index (χ2v) is 6.13. The molecule has 1 aromatic heterocycles. The van der Waals surface area contributed by atoms with E-state index in [0.29, 0.717) is 13.0 Å². The molecule has 1 amide bonds. The Labute approximate surface area is 138 Å². The van der Waals surface area contributed by atoms with Gasteiger partial charge in [0.15, 0.2) is 5.76 Å². The summed E-state index contributed by atoms with van der Waals surface area (Å²) in [7, 11) is 0. The van der Waals surface area contributed by atoms with Crippen LogP contribution in [0, 0.1) is 11.7 Å². The van der Waals surface area contributed by atoms with Gasteiger partial charge in [0.05, 0.1) is 5.56 Å². The summed E-state index contributed by atoms with van der Waals surface area (Å²) in [5.74, 6) is -1.42. The lowest BCUT2D eigenvalue weighted by molar-refractivity contribution is -0.144. The molecular weight excluding hydrogens is 313 g/mol. The summed E-state index contributed by atoms with van der Waals surface area (Å²) in [6.07, 6.45) is 1.17. The number of carboxylic acid groups (broad SMARTS) is 1. The Kier molecular flexibility index (Phi) is 4.38. The zero-order valence-corrected chi connectivity index (χ0v) is 13.2. The van der Waals surface area contributed by atoms with Crippen molar-refractivity contribution in [1.82, 2.24) is 4.90 Å². The van der Waals surface area contributed by atoms with Gasteiger partial charge in [-0.25, -0.2) is 9.18 Å². The van der Waals surface area contributed by atoms with Gasteiger partial charge in [0.1, 0.15) is 17.6 Å². The van der Waals surface area contributed by atoms with Crippen LogP contribution in [0.2, 0.25) is 0 Å². The molecule has 0 aliphatic carbocycles. The van der Waals surface area contributed by atoms with E-state index in [1.54, 1.807) is 18.2 Å². The molecule has 2 atom stereocenters. The highest BCUT2D eigenvalue weighted by Crippen LogP contribution is 2.28. The fourth-order valence-corrected chi connectivity index (χ4v) is 3.02. The van der Waals surface area contributed by atoms with Gasteiger partial charge in [0.25, 0.3) is 5.91 Å². The number of nitrogens with zero attached hydrogens (tertiary/aromatic N) is 1. The third-order valence-corrected chi connectivity index (χ3v) is 4.37. The van der Waals surface area contributed by atoms with Crippen LogP contribution in [0.25, 0.3) is 11.3 Å². The third-order valence-electron chi connectivity index (χ3n) is 4.37. The van der Waals surface area contributed by atoms with E-state index in [1.807, 2.05) is 6.92 Å². The summed E-state index contributed by atoms with van der Waals surface area (Å²) < 4.78 is 19.3. The minimum atomic E-state index is -1.02. The molecule has 0 bridgehead atoms. The maximum absolute atomic E-state index is 13.8. The molecular formula is C18H18FNO4. The molecule has 0 radical (unpaired) electrons. The molecule has 1 saturated heterocycles. The number of amides is 1. The van der Waals surface area contributed by atoms with Gasteiger partial charge in [0.2, 0.25) is 0 Å². The fraction of sp³-hybridized carbons (Fsp3) is 0.333. The predicted octanol–water partition coefficient (Wildman–Crippen LogP) is 3.41. The van der Waals surface area contributed by atoms with Crippen molar-refractivity contribution in [2.45, 2.75) is 25.8 Å². The maximum atomic E-state index is 13.8. The van der Waals surface area contributed by atoms with E-state index < -0.39 is 23.7 Å². The first-order valence-electron chi connectivity index (χ1n) is 7.86. The molecule has 0 saturated carbocycles. The summed E-state index contributed by atoms with van der Waals surface area (Å²) >= 11 is 0. The van der Waals surface area contributed by atoms with Crippen molar-refractivity contribution in [3.05, 3.63) is 48.0 Å². The molecule has 2 aromatic rings. The third kappa shape index (κ3) is 3.04. The molecule has 1 aliphatic rings. The largest absolute Gasteiger partial charge is 0.480 e. The summed E-state index contributed by atoms with van der Waals surface area (Å²) in [5.41, 5.74) is 0.263. The van der Waals surface area contributed by atoms with Crippen molar-refractivity contribution >= 4 is 11.9 Å². The Morgan fingerprint density at radius 2 is 2.00 bits per heavy atom. The van der Waals surface area contributed by atoms with Gasteiger partial charge in [-0.1, -0.05) is 19.1 Å². The summed E-state index contributed by atoms with van der Waals surface area (Å²) in [4.78, 5) is 25.4. The molecule has 1 aliphatic heterocycles. The highest BCUT2D eigenvalue weighted by atomic mass is 19.1. The zero-order valence-electron chi connectivity index (χ0n) is 13.2. The van der Waals surface area contributed by atoms with Gasteiger partial charge < -0.3 is 14.4 Å². The number of piperidine rings is 1. The zero-order chi connectivity index (χ0) is 17.3. The van der Waals surface area contributed by atoms with Crippen LogP contribution in [0.4, 0.5) is 4.39 Å². The van der Waals surface area contributed by atoms with Crippen molar-refractivity contribution in [3.63, 3.8) is 0 Å². The quantitative estimate of drug-likeness (QED) is 0.935. The second-order valence-electron chi connectivity index (χ2n) is 6.13. The van der Waals surface area contributed by atoms with E-state index in [1.165, 1.54) is 23.1 Å². The number of carbonyl (C=O) groups is 2. The number of benzene rings is 1. The molecule has 1 N–H and O–H groups in total. The number of carboxylic acids is 1. The average Bonchev–Trinajstić information content (AvgIpc) is 3.04. The van der Waals surface area contributed by atoms with Crippen molar-refractivity contribution in [2.24, 2.45) is 5.92 Å². The van der Waals surface area contributed by atoms with E-state index >= 15 is 0 Å². The van der Waals surface area contributed by atoms with E-state index in [2.05, 4.69) is 0 Å². The number of carbonyl (C=O) groups excluding carboxylic acids is 1. The lowest BCUT2D eigenvalue weighted by Crippen LogP contribution is -2.49. The monoisotopic (exact) mass is 331 g/mol. The first-order chi connectivity index (χ1) is 11.5. The molecule has 1 aromatic carbocycles. The Morgan fingerprint density at radius 3 is 2.71 bits per heavy atom. The van der Waals surface area contributed by atoms with Crippen LogP contribution in [0.15, 0.2) is 40.8 Å². The van der Waals surface area contributed by atoms with E-state index in [0.717, 1.165) is 6.42 Å². The molecule has 1 fully saturated rings. The van der Waals surface area contributed by atoms with Crippen molar-refractivity contribution in [2.75, 3.05) is 6.54 Å². The Balaban J connectivity index is 1.85. The molecule has 5 nitrogen and oxygen atoms in total. The highest BCUT2D eigenvalue weighted by Gasteiger charge is 2.36. The molecule has 3 rings (SSSR count). The maximum Gasteiger partial charge on any atom is 0.326 e. The van der Waals surface area contributed by atoms with Crippen molar-refractivity contribution in [3.8, 4) is 11.3 Å². The first-order valence-corrected chi connectivity index (χ1v) is 7.86. The van der Waals surface area contributed by atoms with Crippen LogP contribution in [0.5, 0.6) is 0 Å². The first kappa shape index (κ1) is 16.2. The van der Waals surface area contributed by atoms with Crippen molar-refractivity contribution in [1.29, 1.82) is 0 Å². The SMILES string of the molecule is CC1CCN(C(=O)c2ccc(-c3ccccc3F)o2)C(C(=O)O)C1. The van der Waals surface area contributed by atoms with Gasteiger partial charge in [-0.2, -0.15) is 0 Å². The van der Waals surface area contributed by atoms with E-state index in [9.17, 15) is 19.1 Å². The molecule has 2 unspecified atom stereocenters. The summed E-state index contributed by atoms with van der Waals surface area (Å²) in [6, 6.07) is 8.24. The summed E-state index contributed by atoms with van der Waals surface area (Å²) in [6.45, 7) is 2.34. The number of halogens is 1. The van der Waals surface area contributed by atoms with Gasteiger partial charge in [0, 0.05) is 6.54 Å². The van der Waals surface area contributed by atoms with Crippen LogP contribution in [-0.4, -0.2) is 34.5 Å². The lowest BCUT2D eigenvalue weighted by Gasteiger charge is -2.35. The average molecular weight is 331 g/mol. The van der Waals surface area contributed by atoms with Gasteiger partial charge in [-0.05, 0) is 43.0 Å². The van der Waals surface area contributed by atoms with Gasteiger partial charge >= 0.3 is 5.97 Å². The van der Waals surface area contributed by atoms with Crippen LogP contribution in [-0.2, 0) is 4.79 Å². The fourth-order valence-electron chi connectivity index (χ4n) is 3.02. The molecule has 126 valence electrons. The van der Waals surface area contributed by atoms with Crippen LogP contribution in [0.3, 0.4) is 0 Å². The minimum Gasteiger partial charge on any atom is -0.480 e. The number of likely N-dealkylation sites (tertiary alicyclic amines) is 1. The molecule has 2 heterocycles. The van der Waals surface area contributed by atoms with Crippen molar-refractivity contribution < 1.29 is 23.5 Å². The van der Waals surface area contributed by atoms with Crippen LogP contribution >= 0.6 is 0 Å². The number of aliphatic carboxylic acids is 1. The molecule has 24 heavy (non-hydrogen) atoms.